The number of carbonyl (C=O) groups excluding carboxylic acids is 3. The molecule has 2 aromatic heterocycles. The van der Waals surface area contributed by atoms with Crippen LogP contribution in [0.2, 0.25) is 0 Å². The van der Waals surface area contributed by atoms with Gasteiger partial charge in [-0.1, -0.05) is 5.57 Å². The van der Waals surface area contributed by atoms with Gasteiger partial charge in [-0.05, 0) is 63.9 Å². The second-order valence-corrected chi connectivity index (χ2v) is 12.5. The molecule has 5 rings (SSSR count). The fourth-order valence-electron chi connectivity index (χ4n) is 5.27. The molecular weight excluding hydrogens is 617 g/mol. The van der Waals surface area contributed by atoms with Crippen molar-refractivity contribution in [2.45, 2.75) is 64.8 Å². The van der Waals surface area contributed by atoms with Crippen LogP contribution < -0.4 is 11.1 Å². The lowest BCUT2D eigenvalue weighted by molar-refractivity contribution is -0.136. The molecule has 2 aliphatic heterocycles. The number of amides is 3. The van der Waals surface area contributed by atoms with Crippen molar-refractivity contribution in [2.75, 3.05) is 26.2 Å². The maximum atomic E-state index is 14.1. The van der Waals surface area contributed by atoms with Crippen molar-refractivity contribution < 1.29 is 36.7 Å². The minimum absolute atomic E-state index is 0.0780. The number of nitrogens with one attached hydrogen (secondary N) is 1. The quantitative estimate of drug-likeness (QED) is 0.336. The van der Waals surface area contributed by atoms with Gasteiger partial charge in [0.05, 0.1) is 29.2 Å². The summed E-state index contributed by atoms with van der Waals surface area (Å²) in [5.41, 5.74) is 5.42. The molecule has 0 radical (unpaired) electrons. The zero-order valence-corrected chi connectivity index (χ0v) is 26.4. The van der Waals surface area contributed by atoms with Crippen molar-refractivity contribution >= 4 is 34.7 Å². The Bertz CT molecular complexity index is 1720. The van der Waals surface area contributed by atoms with Gasteiger partial charge in [-0.2, -0.15) is 13.2 Å². The van der Waals surface area contributed by atoms with Crippen molar-refractivity contribution in [3.8, 4) is 11.3 Å². The monoisotopic (exact) mass is 654 g/mol. The Kier molecular flexibility index (Phi) is 9.59. The molecule has 250 valence electrons. The van der Waals surface area contributed by atoms with Gasteiger partial charge >= 0.3 is 12.3 Å². The smallest absolute Gasteiger partial charge is 0.420 e. The second kappa shape index (κ2) is 13.5. The third-order valence-electron chi connectivity index (χ3n) is 7.75. The molecule has 2 aliphatic rings. The Labute approximate surface area is 269 Å². The number of aromatic nitrogens is 1. The van der Waals surface area contributed by atoms with E-state index in [1.807, 2.05) is 0 Å². The summed E-state index contributed by atoms with van der Waals surface area (Å²) in [5.74, 6) is 0.158. The highest BCUT2D eigenvalue weighted by molar-refractivity contribution is 5.94. The lowest BCUT2D eigenvalue weighted by Crippen LogP contribution is -2.51. The van der Waals surface area contributed by atoms with Gasteiger partial charge < -0.3 is 30.0 Å². The maximum absolute atomic E-state index is 14.1. The molecule has 0 atom stereocenters. The number of allylic oxidation sites excluding steroid dienone is 1. The van der Waals surface area contributed by atoms with Crippen LogP contribution in [0.3, 0.4) is 0 Å². The number of hydrogen-bond acceptors (Lipinski definition) is 8. The molecule has 3 amide bonds. The summed E-state index contributed by atoms with van der Waals surface area (Å²) in [4.78, 5) is 49.3. The number of fused-ring (bicyclic) bond motifs is 1. The zero-order valence-electron chi connectivity index (χ0n) is 26.4. The molecule has 0 bridgehead atoms. The summed E-state index contributed by atoms with van der Waals surface area (Å²) in [7, 11) is 0. The van der Waals surface area contributed by atoms with Crippen LogP contribution in [0.25, 0.3) is 22.2 Å². The predicted octanol–water partition coefficient (Wildman–Crippen LogP) is 5.64. The van der Waals surface area contributed by atoms with Crippen molar-refractivity contribution in [1.29, 1.82) is 0 Å². The van der Waals surface area contributed by atoms with E-state index in [0.29, 0.717) is 44.9 Å². The number of nitrogens with zero attached hydrogens (tertiary/aromatic N) is 4. The summed E-state index contributed by atoms with van der Waals surface area (Å²) in [5, 5.41) is 2.90. The Morgan fingerprint density at radius 3 is 2.36 bits per heavy atom. The summed E-state index contributed by atoms with van der Waals surface area (Å²) in [6.07, 6.45) is -0.0792. The fraction of sp³-hybridized carbons (Fsp3) is 0.424. The number of furan rings is 1. The summed E-state index contributed by atoms with van der Waals surface area (Å²) < 4.78 is 53.3. The largest absolute Gasteiger partial charge is 0.459 e. The van der Waals surface area contributed by atoms with Gasteiger partial charge in [-0.15, -0.1) is 0 Å². The lowest BCUT2D eigenvalue weighted by Gasteiger charge is -2.35. The number of amidine groups is 1. The molecule has 11 nitrogen and oxygen atoms in total. The van der Waals surface area contributed by atoms with E-state index < -0.39 is 23.4 Å². The van der Waals surface area contributed by atoms with E-state index in [0.717, 1.165) is 18.1 Å². The van der Waals surface area contributed by atoms with E-state index in [1.54, 1.807) is 36.8 Å². The second-order valence-electron chi connectivity index (χ2n) is 12.5. The van der Waals surface area contributed by atoms with Gasteiger partial charge in [-0.3, -0.25) is 14.6 Å². The van der Waals surface area contributed by atoms with E-state index in [-0.39, 0.29) is 58.3 Å². The molecule has 0 unspecified atom stereocenters. The molecule has 1 fully saturated rings. The first kappa shape index (κ1) is 33.5. The highest BCUT2D eigenvalue weighted by atomic mass is 19.4. The molecule has 1 aromatic carbocycles. The number of ether oxygens (including phenoxy) is 1. The molecule has 3 aromatic rings. The first-order valence-electron chi connectivity index (χ1n) is 15.3. The molecular formula is C33H37F3N6O5. The molecule has 1 saturated heterocycles. The summed E-state index contributed by atoms with van der Waals surface area (Å²) >= 11 is 0. The number of carbonyl (C=O) groups is 3. The van der Waals surface area contributed by atoms with Crippen LogP contribution in [0.15, 0.2) is 57.7 Å². The van der Waals surface area contributed by atoms with Crippen molar-refractivity contribution in [3.05, 3.63) is 65.2 Å². The Hall–Kier alpha value is -4.88. The van der Waals surface area contributed by atoms with Crippen LogP contribution in [0.4, 0.5) is 18.0 Å². The Morgan fingerprint density at radius 1 is 1.02 bits per heavy atom. The molecule has 0 aliphatic carbocycles. The molecule has 14 heteroatoms. The van der Waals surface area contributed by atoms with E-state index in [4.69, 9.17) is 14.9 Å². The SMILES string of the molecule is CC(C)(C)OC(=O)N1CCN(C(=O)c2ccc(-c3cc(C(F)(F)F)c4oc(CNC(=O)CCC5=CN=C(N)CC5)cc4c3)nc2)CC1. The number of rotatable bonds is 7. The summed E-state index contributed by atoms with van der Waals surface area (Å²) in [6, 6.07) is 6.96. The van der Waals surface area contributed by atoms with Crippen molar-refractivity contribution in [1.82, 2.24) is 20.1 Å². The number of hydrogen-bond donors (Lipinski definition) is 2. The zero-order chi connectivity index (χ0) is 33.9. The minimum atomic E-state index is -4.72. The van der Waals surface area contributed by atoms with E-state index in [1.165, 1.54) is 30.5 Å². The molecule has 0 saturated carbocycles. The average molecular weight is 655 g/mol. The molecule has 47 heavy (non-hydrogen) atoms. The van der Waals surface area contributed by atoms with E-state index in [2.05, 4.69) is 15.3 Å². The van der Waals surface area contributed by atoms with Gasteiger partial charge in [0, 0.05) is 62.4 Å². The number of piperazine rings is 1. The topological polar surface area (TPSA) is 143 Å². The van der Waals surface area contributed by atoms with Gasteiger partial charge in [0.15, 0.2) is 0 Å². The van der Waals surface area contributed by atoms with Gasteiger partial charge in [-0.25, -0.2) is 9.79 Å². The van der Waals surface area contributed by atoms with E-state index in [9.17, 15) is 27.6 Å². The maximum Gasteiger partial charge on any atom is 0.420 e. The number of alkyl halides is 3. The Balaban J connectivity index is 1.24. The molecule has 4 heterocycles. The van der Waals surface area contributed by atoms with Gasteiger partial charge in [0.25, 0.3) is 5.91 Å². The minimum Gasteiger partial charge on any atom is -0.459 e. The molecule has 3 N–H and O–H groups in total. The summed E-state index contributed by atoms with van der Waals surface area (Å²) in [6.45, 7) is 6.50. The van der Waals surface area contributed by atoms with Crippen LogP contribution in [-0.4, -0.2) is 70.3 Å². The third kappa shape index (κ3) is 8.48. The Morgan fingerprint density at radius 2 is 1.74 bits per heavy atom. The molecule has 0 spiro atoms. The third-order valence-corrected chi connectivity index (χ3v) is 7.75. The van der Waals surface area contributed by atoms with Crippen molar-refractivity contribution in [3.63, 3.8) is 0 Å². The number of halogens is 3. The first-order chi connectivity index (χ1) is 22.2. The van der Waals surface area contributed by atoms with Gasteiger partial charge in [0.1, 0.15) is 16.9 Å². The van der Waals surface area contributed by atoms with Gasteiger partial charge in [0.2, 0.25) is 5.91 Å². The lowest BCUT2D eigenvalue weighted by atomic mass is 10.0. The predicted molar refractivity (Wildman–Crippen MR) is 168 cm³/mol. The van der Waals surface area contributed by atoms with Crippen molar-refractivity contribution in [2.24, 2.45) is 10.7 Å². The van der Waals surface area contributed by atoms with E-state index >= 15 is 0 Å². The average Bonchev–Trinajstić information content (AvgIpc) is 3.44. The standard InChI is InChI=1S/C33H37F3N6O5/c1-32(2,3)47-31(45)42-12-10-41(11-13-42)30(44)21-6-7-26(38-18-21)22-14-23-15-24(46-29(23)25(16-22)33(34,35)36)19-40-28(43)9-5-20-4-8-27(37)39-17-20/h6-7,14-18H,4-5,8-13,19H2,1-3H3,(H2,37,39)(H,40,43). The fourth-order valence-corrected chi connectivity index (χ4v) is 5.27. The van der Waals surface area contributed by atoms with Crippen LogP contribution in [0.5, 0.6) is 0 Å². The number of nitrogens with two attached hydrogens (primary N) is 1. The highest BCUT2D eigenvalue weighted by Crippen LogP contribution is 2.39. The normalized spacial score (nSPS) is 15.7. The number of pyridine rings is 1. The van der Waals surface area contributed by atoms with Crippen LogP contribution >= 0.6 is 0 Å². The number of aliphatic imine (C=N–C) groups is 1. The van der Waals surface area contributed by atoms with Crippen LogP contribution in [-0.2, 0) is 22.3 Å². The van der Waals surface area contributed by atoms with Crippen LogP contribution in [0, 0.1) is 0 Å². The first-order valence-corrected chi connectivity index (χ1v) is 15.3. The van der Waals surface area contributed by atoms with Crippen LogP contribution in [0.1, 0.15) is 68.1 Å². The highest BCUT2D eigenvalue weighted by Gasteiger charge is 2.35. The number of benzene rings is 1.